The predicted molar refractivity (Wildman–Crippen MR) is 49.0 cm³/mol. The van der Waals surface area contributed by atoms with Crippen LogP contribution in [0.15, 0.2) is 6.20 Å². The van der Waals surface area contributed by atoms with E-state index >= 15 is 0 Å². The van der Waals surface area contributed by atoms with E-state index < -0.39 is 6.03 Å². The van der Waals surface area contributed by atoms with Crippen molar-refractivity contribution in [1.29, 1.82) is 0 Å². The highest BCUT2D eigenvalue weighted by Crippen LogP contribution is 2.05. The molecule has 72 valence electrons. The Balaban J connectivity index is 2.69. The van der Waals surface area contributed by atoms with Gasteiger partial charge in [0.25, 0.3) is 0 Å². The van der Waals surface area contributed by atoms with Gasteiger partial charge in [-0.2, -0.15) is 5.10 Å². The molecule has 1 rings (SSSR count). The molecular formula is C8H14N4O. The Morgan fingerprint density at radius 3 is 3.00 bits per heavy atom. The number of nitrogens with two attached hydrogens (primary N) is 1. The molecule has 0 saturated carbocycles. The lowest BCUT2D eigenvalue weighted by Crippen LogP contribution is -2.28. The zero-order valence-corrected chi connectivity index (χ0v) is 7.87. The van der Waals surface area contributed by atoms with Crippen molar-refractivity contribution in [3.8, 4) is 0 Å². The number of amides is 2. The summed E-state index contributed by atoms with van der Waals surface area (Å²) >= 11 is 0. The number of urea groups is 1. The molecule has 3 N–H and O–H groups in total. The number of hydrogen-bond donors (Lipinski definition) is 2. The predicted octanol–water partition coefficient (Wildman–Crippen LogP) is 0.151. The molecule has 13 heavy (non-hydrogen) atoms. The summed E-state index contributed by atoms with van der Waals surface area (Å²) in [6.07, 6.45) is 2.74. The van der Waals surface area contributed by atoms with Crippen molar-refractivity contribution in [1.82, 2.24) is 15.1 Å². The van der Waals surface area contributed by atoms with Crippen LogP contribution in [-0.4, -0.2) is 15.8 Å². The Morgan fingerprint density at radius 1 is 1.77 bits per heavy atom. The molecule has 0 aromatic carbocycles. The summed E-state index contributed by atoms with van der Waals surface area (Å²) in [5, 5.41) is 6.77. The van der Waals surface area contributed by atoms with E-state index in [1.54, 1.807) is 4.68 Å². The number of aryl methyl sites for hydroxylation is 2. The van der Waals surface area contributed by atoms with Gasteiger partial charge in [-0.3, -0.25) is 4.68 Å². The minimum atomic E-state index is -0.508. The zero-order valence-electron chi connectivity index (χ0n) is 7.87. The second kappa shape index (κ2) is 3.93. The molecule has 1 aromatic heterocycles. The minimum Gasteiger partial charge on any atom is -0.352 e. The van der Waals surface area contributed by atoms with E-state index in [9.17, 15) is 4.79 Å². The van der Waals surface area contributed by atoms with Gasteiger partial charge in [0, 0.05) is 25.4 Å². The van der Waals surface area contributed by atoms with Crippen molar-refractivity contribution in [2.75, 3.05) is 0 Å². The van der Waals surface area contributed by atoms with Crippen LogP contribution < -0.4 is 11.1 Å². The van der Waals surface area contributed by atoms with E-state index in [4.69, 9.17) is 5.73 Å². The SMILES string of the molecule is CCc1nn(C)cc1CNC(N)=O. The molecule has 0 unspecified atom stereocenters. The highest BCUT2D eigenvalue weighted by Gasteiger charge is 2.05. The molecule has 5 nitrogen and oxygen atoms in total. The number of carbonyl (C=O) groups is 1. The Labute approximate surface area is 76.9 Å². The van der Waals surface area contributed by atoms with Crippen LogP contribution in [0.4, 0.5) is 4.79 Å². The number of nitrogens with zero attached hydrogens (tertiary/aromatic N) is 2. The van der Waals surface area contributed by atoms with Crippen LogP contribution in [0.1, 0.15) is 18.2 Å². The van der Waals surface area contributed by atoms with Crippen LogP contribution in [-0.2, 0) is 20.0 Å². The van der Waals surface area contributed by atoms with E-state index in [0.717, 1.165) is 17.7 Å². The molecule has 0 atom stereocenters. The summed E-state index contributed by atoms with van der Waals surface area (Å²) in [6.45, 7) is 2.47. The molecule has 2 amide bonds. The van der Waals surface area contributed by atoms with Gasteiger partial charge in [-0.05, 0) is 6.42 Å². The van der Waals surface area contributed by atoms with Crippen LogP contribution in [0, 0.1) is 0 Å². The molecule has 5 heteroatoms. The third-order valence-electron chi connectivity index (χ3n) is 1.78. The molecule has 1 aromatic rings. The van der Waals surface area contributed by atoms with Gasteiger partial charge in [-0.15, -0.1) is 0 Å². The van der Waals surface area contributed by atoms with Crippen molar-refractivity contribution in [3.63, 3.8) is 0 Å². The van der Waals surface area contributed by atoms with Gasteiger partial charge >= 0.3 is 6.03 Å². The number of nitrogens with one attached hydrogen (secondary N) is 1. The van der Waals surface area contributed by atoms with Gasteiger partial charge in [-0.1, -0.05) is 6.92 Å². The monoisotopic (exact) mass is 182 g/mol. The van der Waals surface area contributed by atoms with Crippen molar-refractivity contribution in [2.45, 2.75) is 19.9 Å². The molecule has 0 aliphatic heterocycles. The lowest BCUT2D eigenvalue weighted by Gasteiger charge is -1.99. The van der Waals surface area contributed by atoms with E-state index in [1.165, 1.54) is 0 Å². The number of carbonyl (C=O) groups excluding carboxylic acids is 1. The Kier molecular flexibility index (Phi) is 2.89. The van der Waals surface area contributed by atoms with Gasteiger partial charge in [0.1, 0.15) is 0 Å². The largest absolute Gasteiger partial charge is 0.352 e. The molecule has 0 aliphatic rings. The van der Waals surface area contributed by atoms with Crippen LogP contribution in [0.2, 0.25) is 0 Å². The summed E-state index contributed by atoms with van der Waals surface area (Å²) in [7, 11) is 1.85. The quantitative estimate of drug-likeness (QED) is 0.698. The van der Waals surface area contributed by atoms with Crippen LogP contribution in [0.3, 0.4) is 0 Å². The first-order valence-electron chi connectivity index (χ1n) is 4.18. The fraction of sp³-hybridized carbons (Fsp3) is 0.500. The fourth-order valence-electron chi connectivity index (χ4n) is 1.21. The van der Waals surface area contributed by atoms with Crippen LogP contribution in [0.5, 0.6) is 0 Å². The smallest absolute Gasteiger partial charge is 0.312 e. The molecule has 1 heterocycles. The maximum absolute atomic E-state index is 10.5. The third kappa shape index (κ3) is 2.47. The normalized spacial score (nSPS) is 10.0. The molecule has 0 fully saturated rings. The first-order valence-corrected chi connectivity index (χ1v) is 4.18. The zero-order chi connectivity index (χ0) is 9.84. The van der Waals surface area contributed by atoms with E-state index in [1.807, 2.05) is 20.2 Å². The van der Waals surface area contributed by atoms with Crippen molar-refractivity contribution in [2.24, 2.45) is 12.8 Å². The first-order chi connectivity index (χ1) is 6.13. The molecule has 0 aliphatic carbocycles. The van der Waals surface area contributed by atoms with E-state index in [-0.39, 0.29) is 0 Å². The summed E-state index contributed by atoms with van der Waals surface area (Å²) in [5.74, 6) is 0. The second-order valence-corrected chi connectivity index (χ2v) is 2.85. The summed E-state index contributed by atoms with van der Waals surface area (Å²) < 4.78 is 1.73. The van der Waals surface area contributed by atoms with E-state index in [0.29, 0.717) is 6.54 Å². The maximum atomic E-state index is 10.5. The average molecular weight is 182 g/mol. The second-order valence-electron chi connectivity index (χ2n) is 2.85. The van der Waals surface area contributed by atoms with E-state index in [2.05, 4.69) is 10.4 Å². The topological polar surface area (TPSA) is 72.9 Å². The molecular weight excluding hydrogens is 168 g/mol. The van der Waals surface area contributed by atoms with Gasteiger partial charge in [-0.25, -0.2) is 4.79 Å². The van der Waals surface area contributed by atoms with Gasteiger partial charge in [0.05, 0.1) is 5.69 Å². The molecule has 0 spiro atoms. The summed E-state index contributed by atoms with van der Waals surface area (Å²) in [4.78, 5) is 10.5. The molecule has 0 radical (unpaired) electrons. The first kappa shape index (κ1) is 9.57. The van der Waals surface area contributed by atoms with Gasteiger partial charge in [0.15, 0.2) is 0 Å². The highest BCUT2D eigenvalue weighted by atomic mass is 16.2. The van der Waals surface area contributed by atoms with Crippen molar-refractivity contribution in [3.05, 3.63) is 17.5 Å². The minimum absolute atomic E-state index is 0.451. The Hall–Kier alpha value is -1.52. The third-order valence-corrected chi connectivity index (χ3v) is 1.78. The molecule has 0 bridgehead atoms. The van der Waals surface area contributed by atoms with Crippen molar-refractivity contribution >= 4 is 6.03 Å². The fourth-order valence-corrected chi connectivity index (χ4v) is 1.21. The average Bonchev–Trinajstić information content (AvgIpc) is 2.42. The Bertz CT molecular complexity index is 305. The van der Waals surface area contributed by atoms with Gasteiger partial charge in [0.2, 0.25) is 0 Å². The standard InChI is InChI=1S/C8H14N4O/c1-3-7-6(4-10-8(9)13)5-12(2)11-7/h5H,3-4H2,1-2H3,(H3,9,10,13). The maximum Gasteiger partial charge on any atom is 0.312 e. The lowest BCUT2D eigenvalue weighted by atomic mass is 10.2. The van der Waals surface area contributed by atoms with Gasteiger partial charge < -0.3 is 11.1 Å². The summed E-state index contributed by atoms with van der Waals surface area (Å²) in [6, 6.07) is -0.508. The highest BCUT2D eigenvalue weighted by molar-refractivity contribution is 5.71. The number of hydrogen-bond acceptors (Lipinski definition) is 2. The lowest BCUT2D eigenvalue weighted by molar-refractivity contribution is 0.248. The summed E-state index contributed by atoms with van der Waals surface area (Å²) in [5.41, 5.74) is 6.98. The van der Waals surface area contributed by atoms with Crippen molar-refractivity contribution < 1.29 is 4.79 Å². The number of primary amides is 1. The number of rotatable bonds is 3. The van der Waals surface area contributed by atoms with Crippen LogP contribution >= 0.6 is 0 Å². The van der Waals surface area contributed by atoms with Crippen LogP contribution in [0.25, 0.3) is 0 Å². The number of aromatic nitrogens is 2. The molecule has 0 saturated heterocycles. The Morgan fingerprint density at radius 2 is 2.46 bits per heavy atom.